The molecule has 0 aliphatic rings. The first-order valence-electron chi connectivity index (χ1n) is 4.89. The summed E-state index contributed by atoms with van der Waals surface area (Å²) in [5.41, 5.74) is 7.57. The molecule has 0 saturated heterocycles. The SMILES string of the molecule is COC(=O)C(N)CSCc1c(C)noc1C. The van der Waals surface area contributed by atoms with Crippen molar-refractivity contribution in [2.24, 2.45) is 5.73 Å². The van der Waals surface area contributed by atoms with Gasteiger partial charge in [0.2, 0.25) is 0 Å². The number of rotatable bonds is 5. The Bertz CT molecular complexity index is 345. The van der Waals surface area contributed by atoms with E-state index >= 15 is 0 Å². The topological polar surface area (TPSA) is 78.4 Å². The molecule has 0 amide bonds. The number of thioether (sulfide) groups is 1. The van der Waals surface area contributed by atoms with Gasteiger partial charge in [0.25, 0.3) is 0 Å². The molecule has 0 saturated carbocycles. The number of hydrogen-bond acceptors (Lipinski definition) is 6. The summed E-state index contributed by atoms with van der Waals surface area (Å²) in [6.07, 6.45) is 0. The predicted octanol–water partition coefficient (Wildman–Crippen LogP) is 1.02. The Labute approximate surface area is 98.7 Å². The van der Waals surface area contributed by atoms with Gasteiger partial charge in [-0.2, -0.15) is 11.8 Å². The fourth-order valence-electron chi connectivity index (χ4n) is 1.22. The van der Waals surface area contributed by atoms with Crippen LogP contribution in [-0.4, -0.2) is 30.0 Å². The second-order valence-electron chi connectivity index (χ2n) is 3.45. The lowest BCUT2D eigenvalue weighted by Crippen LogP contribution is -2.33. The summed E-state index contributed by atoms with van der Waals surface area (Å²) in [5.74, 6) is 1.70. The van der Waals surface area contributed by atoms with E-state index in [0.717, 1.165) is 22.8 Å². The average molecular weight is 244 g/mol. The van der Waals surface area contributed by atoms with Crippen LogP contribution < -0.4 is 5.73 Å². The highest BCUT2D eigenvalue weighted by molar-refractivity contribution is 7.98. The van der Waals surface area contributed by atoms with Crippen LogP contribution in [0.5, 0.6) is 0 Å². The van der Waals surface area contributed by atoms with Crippen molar-refractivity contribution in [3.05, 3.63) is 17.0 Å². The molecule has 1 unspecified atom stereocenters. The van der Waals surface area contributed by atoms with Crippen LogP contribution in [0.15, 0.2) is 4.52 Å². The van der Waals surface area contributed by atoms with Crippen molar-refractivity contribution in [3.8, 4) is 0 Å². The minimum Gasteiger partial charge on any atom is -0.468 e. The normalized spacial score (nSPS) is 12.5. The lowest BCUT2D eigenvalue weighted by atomic mass is 10.2. The van der Waals surface area contributed by atoms with Gasteiger partial charge in [-0.15, -0.1) is 0 Å². The molecule has 0 aromatic carbocycles. The standard InChI is InChI=1S/C10H16N2O3S/c1-6-8(7(2)15-12-6)4-16-5-9(11)10(13)14-3/h9H,4-5,11H2,1-3H3. The van der Waals surface area contributed by atoms with Gasteiger partial charge in [-0.05, 0) is 13.8 Å². The lowest BCUT2D eigenvalue weighted by molar-refractivity contribution is -0.141. The molecule has 0 fully saturated rings. The van der Waals surface area contributed by atoms with Gasteiger partial charge >= 0.3 is 5.97 Å². The van der Waals surface area contributed by atoms with E-state index in [2.05, 4.69) is 9.89 Å². The molecule has 0 aliphatic carbocycles. The zero-order valence-electron chi connectivity index (χ0n) is 9.65. The molecule has 1 atom stereocenters. The summed E-state index contributed by atoms with van der Waals surface area (Å²) < 4.78 is 9.57. The molecule has 5 nitrogen and oxygen atoms in total. The van der Waals surface area contributed by atoms with E-state index in [1.165, 1.54) is 7.11 Å². The van der Waals surface area contributed by atoms with Gasteiger partial charge in [-0.3, -0.25) is 4.79 Å². The van der Waals surface area contributed by atoms with Crippen LogP contribution >= 0.6 is 11.8 Å². The number of ether oxygens (including phenoxy) is 1. The van der Waals surface area contributed by atoms with E-state index < -0.39 is 6.04 Å². The van der Waals surface area contributed by atoms with Gasteiger partial charge < -0.3 is 15.0 Å². The summed E-state index contributed by atoms with van der Waals surface area (Å²) >= 11 is 1.57. The lowest BCUT2D eigenvalue weighted by Gasteiger charge is -2.08. The van der Waals surface area contributed by atoms with Crippen LogP contribution in [0.4, 0.5) is 0 Å². The van der Waals surface area contributed by atoms with Crippen molar-refractivity contribution in [1.82, 2.24) is 5.16 Å². The zero-order chi connectivity index (χ0) is 12.1. The monoisotopic (exact) mass is 244 g/mol. The molecule has 16 heavy (non-hydrogen) atoms. The van der Waals surface area contributed by atoms with E-state index in [1.807, 2.05) is 13.8 Å². The summed E-state index contributed by atoms with van der Waals surface area (Å²) in [6, 6.07) is -0.574. The van der Waals surface area contributed by atoms with Gasteiger partial charge in [-0.1, -0.05) is 5.16 Å². The first kappa shape index (κ1) is 13.1. The number of methoxy groups -OCH3 is 1. The molecule has 90 valence electrons. The summed E-state index contributed by atoms with van der Waals surface area (Å²) in [6.45, 7) is 3.77. The van der Waals surface area contributed by atoms with E-state index in [1.54, 1.807) is 11.8 Å². The molecule has 6 heteroatoms. The third-order valence-corrected chi connectivity index (χ3v) is 3.32. The summed E-state index contributed by atoms with van der Waals surface area (Å²) in [7, 11) is 1.33. The van der Waals surface area contributed by atoms with E-state index in [4.69, 9.17) is 10.3 Å². The number of nitrogens with zero attached hydrogens (tertiary/aromatic N) is 1. The van der Waals surface area contributed by atoms with Crippen molar-refractivity contribution in [1.29, 1.82) is 0 Å². The first-order valence-corrected chi connectivity index (χ1v) is 6.04. The largest absolute Gasteiger partial charge is 0.468 e. The number of carbonyl (C=O) groups is 1. The summed E-state index contributed by atoms with van der Waals surface area (Å²) in [5, 5.41) is 3.85. The Hall–Kier alpha value is -1.01. The van der Waals surface area contributed by atoms with Crippen LogP contribution in [0.25, 0.3) is 0 Å². The van der Waals surface area contributed by atoms with E-state index in [9.17, 15) is 4.79 Å². The van der Waals surface area contributed by atoms with Crippen LogP contribution in [-0.2, 0) is 15.3 Å². The number of esters is 1. The average Bonchev–Trinajstić information content (AvgIpc) is 2.59. The molecule has 0 spiro atoms. The van der Waals surface area contributed by atoms with Gasteiger partial charge in [0.05, 0.1) is 12.8 Å². The zero-order valence-corrected chi connectivity index (χ0v) is 10.5. The second kappa shape index (κ2) is 5.91. The fraction of sp³-hybridized carbons (Fsp3) is 0.600. The highest BCUT2D eigenvalue weighted by Crippen LogP contribution is 2.19. The molecular formula is C10H16N2O3S. The first-order chi connectivity index (χ1) is 7.56. The smallest absolute Gasteiger partial charge is 0.323 e. The molecule has 2 N–H and O–H groups in total. The maximum Gasteiger partial charge on any atom is 0.323 e. The van der Waals surface area contributed by atoms with Crippen LogP contribution in [0.1, 0.15) is 17.0 Å². The summed E-state index contributed by atoms with van der Waals surface area (Å²) in [4.78, 5) is 11.0. The third kappa shape index (κ3) is 3.24. The van der Waals surface area contributed by atoms with Gasteiger partial charge in [0, 0.05) is 17.1 Å². The van der Waals surface area contributed by atoms with Gasteiger partial charge in [0.1, 0.15) is 11.8 Å². The Morgan fingerprint density at radius 2 is 2.31 bits per heavy atom. The van der Waals surface area contributed by atoms with Crippen LogP contribution in [0, 0.1) is 13.8 Å². The third-order valence-electron chi connectivity index (χ3n) is 2.23. The highest BCUT2D eigenvalue weighted by Gasteiger charge is 2.15. The molecule has 1 aromatic rings. The highest BCUT2D eigenvalue weighted by atomic mass is 32.2. The van der Waals surface area contributed by atoms with Crippen molar-refractivity contribution < 1.29 is 14.1 Å². The van der Waals surface area contributed by atoms with Crippen molar-refractivity contribution in [2.45, 2.75) is 25.6 Å². The Kier molecular flexibility index (Phi) is 4.82. The maximum atomic E-state index is 11.0. The molecule has 0 radical (unpaired) electrons. The molecule has 1 rings (SSSR count). The van der Waals surface area contributed by atoms with E-state index in [0.29, 0.717) is 5.75 Å². The molecule has 0 bridgehead atoms. The van der Waals surface area contributed by atoms with Crippen LogP contribution in [0.2, 0.25) is 0 Å². The van der Waals surface area contributed by atoms with Gasteiger partial charge in [-0.25, -0.2) is 0 Å². The quantitative estimate of drug-likeness (QED) is 0.779. The number of carbonyl (C=O) groups excluding carboxylic acids is 1. The number of aromatic nitrogens is 1. The minimum absolute atomic E-state index is 0.383. The molecule has 1 aromatic heterocycles. The van der Waals surface area contributed by atoms with Crippen molar-refractivity contribution in [3.63, 3.8) is 0 Å². The molecule has 1 heterocycles. The Balaban J connectivity index is 2.39. The van der Waals surface area contributed by atoms with E-state index in [-0.39, 0.29) is 5.97 Å². The number of aryl methyl sites for hydroxylation is 2. The Morgan fingerprint density at radius 1 is 1.62 bits per heavy atom. The fourth-order valence-corrected chi connectivity index (χ4v) is 2.34. The molecular weight excluding hydrogens is 228 g/mol. The minimum atomic E-state index is -0.574. The van der Waals surface area contributed by atoms with Crippen molar-refractivity contribution >= 4 is 17.7 Å². The Morgan fingerprint density at radius 3 is 2.81 bits per heavy atom. The second-order valence-corrected chi connectivity index (χ2v) is 4.48. The number of nitrogens with two attached hydrogens (primary N) is 1. The number of hydrogen-bond donors (Lipinski definition) is 1. The van der Waals surface area contributed by atoms with Crippen molar-refractivity contribution in [2.75, 3.05) is 12.9 Å². The maximum absolute atomic E-state index is 11.0. The predicted molar refractivity (Wildman–Crippen MR) is 62.1 cm³/mol. The molecule has 0 aliphatic heterocycles. The van der Waals surface area contributed by atoms with Crippen LogP contribution in [0.3, 0.4) is 0 Å². The van der Waals surface area contributed by atoms with Gasteiger partial charge in [0.15, 0.2) is 0 Å².